The fourth-order valence-electron chi connectivity index (χ4n) is 2.64. The van der Waals surface area contributed by atoms with E-state index in [0.717, 1.165) is 0 Å². The summed E-state index contributed by atoms with van der Waals surface area (Å²) < 4.78 is 35.6. The molecule has 1 atom stereocenters. The van der Waals surface area contributed by atoms with Gasteiger partial charge in [0.2, 0.25) is 10.0 Å². The quantitative estimate of drug-likeness (QED) is 0.736. The lowest BCUT2D eigenvalue weighted by atomic mass is 10.1. The minimum Gasteiger partial charge on any atom is -0.496 e. The van der Waals surface area contributed by atoms with Crippen LogP contribution in [0.2, 0.25) is 0 Å². The number of benzene rings is 2. The summed E-state index contributed by atoms with van der Waals surface area (Å²) in [7, 11) is -0.358. The number of hydrogen-bond donors (Lipinski definition) is 1. The Labute approximate surface area is 147 Å². The van der Waals surface area contributed by atoms with Crippen LogP contribution in [0.1, 0.15) is 17.4 Å². The molecule has 3 aromatic rings. The summed E-state index contributed by atoms with van der Waals surface area (Å²) in [4.78, 5) is 4.52. The number of ether oxygens (including phenoxy) is 1. The van der Waals surface area contributed by atoms with Crippen LogP contribution in [-0.4, -0.2) is 25.1 Å². The van der Waals surface area contributed by atoms with Crippen LogP contribution >= 0.6 is 0 Å². The second-order valence-electron chi connectivity index (χ2n) is 5.51. The van der Waals surface area contributed by atoms with Gasteiger partial charge in [-0.3, -0.25) is 0 Å². The first-order chi connectivity index (χ1) is 12.0. The molecule has 2 aromatic carbocycles. The number of aryl methyl sites for hydroxylation is 1. The van der Waals surface area contributed by atoms with E-state index in [2.05, 4.69) is 9.71 Å². The van der Waals surface area contributed by atoms with Crippen LogP contribution < -0.4 is 9.46 Å². The lowest BCUT2D eigenvalue weighted by Crippen LogP contribution is -2.31. The summed E-state index contributed by atoms with van der Waals surface area (Å²) >= 11 is 0. The van der Waals surface area contributed by atoms with E-state index in [1.807, 2.05) is 25.2 Å². The first kappa shape index (κ1) is 17.2. The molecule has 0 bridgehead atoms. The molecular formula is C18H19N3O3S. The number of para-hydroxylation sites is 1. The van der Waals surface area contributed by atoms with Crippen molar-refractivity contribution in [2.75, 3.05) is 7.11 Å². The number of rotatable bonds is 6. The van der Waals surface area contributed by atoms with E-state index in [4.69, 9.17) is 4.74 Å². The maximum atomic E-state index is 12.8. The normalized spacial score (nSPS) is 12.7. The zero-order chi connectivity index (χ0) is 17.9. The number of sulfonamides is 1. The SMILES string of the molecule is COc1ccccc1[C@@H](NS(=O)(=O)c1ccccc1)c1nccn1C. The fourth-order valence-corrected chi connectivity index (χ4v) is 3.83. The molecule has 0 aliphatic carbocycles. The van der Waals surface area contributed by atoms with Crippen LogP contribution in [0.25, 0.3) is 0 Å². The topological polar surface area (TPSA) is 73.2 Å². The van der Waals surface area contributed by atoms with Crippen molar-refractivity contribution in [3.05, 3.63) is 78.4 Å². The lowest BCUT2D eigenvalue weighted by Gasteiger charge is -2.21. The van der Waals surface area contributed by atoms with Gasteiger partial charge in [-0.2, -0.15) is 4.72 Å². The zero-order valence-electron chi connectivity index (χ0n) is 14.0. The van der Waals surface area contributed by atoms with Crippen molar-refractivity contribution >= 4 is 10.0 Å². The highest BCUT2D eigenvalue weighted by Crippen LogP contribution is 2.30. The number of methoxy groups -OCH3 is 1. The van der Waals surface area contributed by atoms with Crippen molar-refractivity contribution in [3.8, 4) is 5.75 Å². The third kappa shape index (κ3) is 3.57. The molecule has 1 N–H and O–H groups in total. The van der Waals surface area contributed by atoms with Gasteiger partial charge in [0.1, 0.15) is 17.6 Å². The molecule has 0 aliphatic heterocycles. The Morgan fingerprint density at radius 1 is 1.08 bits per heavy atom. The molecule has 1 heterocycles. The molecule has 0 radical (unpaired) electrons. The molecule has 25 heavy (non-hydrogen) atoms. The molecule has 0 aliphatic rings. The smallest absolute Gasteiger partial charge is 0.241 e. The van der Waals surface area contributed by atoms with Gasteiger partial charge in [-0.15, -0.1) is 0 Å². The van der Waals surface area contributed by atoms with Gasteiger partial charge in [0, 0.05) is 25.0 Å². The molecule has 0 unspecified atom stereocenters. The van der Waals surface area contributed by atoms with Crippen molar-refractivity contribution in [2.24, 2.45) is 7.05 Å². The number of imidazole rings is 1. The Kier molecular flexibility index (Phi) is 4.87. The lowest BCUT2D eigenvalue weighted by molar-refractivity contribution is 0.405. The Morgan fingerprint density at radius 3 is 2.40 bits per heavy atom. The summed E-state index contributed by atoms with van der Waals surface area (Å²) in [6.45, 7) is 0. The van der Waals surface area contributed by atoms with Gasteiger partial charge >= 0.3 is 0 Å². The van der Waals surface area contributed by atoms with E-state index in [1.54, 1.807) is 60.5 Å². The third-order valence-electron chi connectivity index (χ3n) is 3.89. The fraction of sp³-hybridized carbons (Fsp3) is 0.167. The molecule has 0 amide bonds. The molecule has 0 saturated carbocycles. The third-order valence-corrected chi connectivity index (χ3v) is 5.33. The summed E-state index contributed by atoms with van der Waals surface area (Å²) in [5, 5.41) is 0. The molecule has 3 rings (SSSR count). The highest BCUT2D eigenvalue weighted by atomic mass is 32.2. The Balaban J connectivity index is 2.09. The van der Waals surface area contributed by atoms with Crippen LogP contribution in [0.3, 0.4) is 0 Å². The Morgan fingerprint density at radius 2 is 1.76 bits per heavy atom. The average Bonchev–Trinajstić information content (AvgIpc) is 3.06. The zero-order valence-corrected chi connectivity index (χ0v) is 14.8. The number of nitrogens with one attached hydrogen (secondary N) is 1. The summed E-state index contributed by atoms with van der Waals surface area (Å²) in [5.41, 5.74) is 0.693. The maximum absolute atomic E-state index is 12.8. The molecular weight excluding hydrogens is 338 g/mol. The molecule has 7 heteroatoms. The van der Waals surface area contributed by atoms with E-state index in [1.165, 1.54) is 0 Å². The maximum Gasteiger partial charge on any atom is 0.241 e. The van der Waals surface area contributed by atoms with Gasteiger partial charge in [0.25, 0.3) is 0 Å². The van der Waals surface area contributed by atoms with Crippen LogP contribution in [0, 0.1) is 0 Å². The summed E-state index contributed by atoms with van der Waals surface area (Å²) in [6.07, 6.45) is 3.41. The molecule has 0 fully saturated rings. The second-order valence-corrected chi connectivity index (χ2v) is 7.22. The predicted molar refractivity (Wildman–Crippen MR) is 94.8 cm³/mol. The van der Waals surface area contributed by atoms with Crippen molar-refractivity contribution in [1.82, 2.24) is 14.3 Å². The Bertz CT molecular complexity index is 952. The van der Waals surface area contributed by atoms with E-state index < -0.39 is 16.1 Å². The number of hydrogen-bond acceptors (Lipinski definition) is 4. The van der Waals surface area contributed by atoms with E-state index >= 15 is 0 Å². The summed E-state index contributed by atoms with van der Waals surface area (Å²) in [6, 6.07) is 14.9. The average molecular weight is 357 g/mol. The van der Waals surface area contributed by atoms with Gasteiger partial charge in [-0.25, -0.2) is 13.4 Å². The molecule has 0 spiro atoms. The molecule has 0 saturated heterocycles. The largest absolute Gasteiger partial charge is 0.496 e. The van der Waals surface area contributed by atoms with Crippen LogP contribution in [0.4, 0.5) is 0 Å². The summed E-state index contributed by atoms with van der Waals surface area (Å²) in [5.74, 6) is 1.16. The minimum absolute atomic E-state index is 0.198. The van der Waals surface area contributed by atoms with Crippen molar-refractivity contribution in [3.63, 3.8) is 0 Å². The first-order valence-electron chi connectivity index (χ1n) is 7.70. The number of aromatic nitrogens is 2. The van der Waals surface area contributed by atoms with Crippen molar-refractivity contribution < 1.29 is 13.2 Å². The van der Waals surface area contributed by atoms with Gasteiger partial charge in [-0.1, -0.05) is 36.4 Å². The van der Waals surface area contributed by atoms with Gasteiger partial charge in [-0.05, 0) is 18.2 Å². The van der Waals surface area contributed by atoms with Crippen LogP contribution in [0.5, 0.6) is 5.75 Å². The predicted octanol–water partition coefficient (Wildman–Crippen LogP) is 2.50. The standard InChI is InChI=1S/C18H19N3O3S/c1-21-13-12-19-18(21)17(15-10-6-7-11-16(15)24-2)20-25(22,23)14-8-4-3-5-9-14/h3-13,17,20H,1-2H3/t17-/m1/s1. The first-order valence-corrected chi connectivity index (χ1v) is 9.19. The van der Waals surface area contributed by atoms with Crippen molar-refractivity contribution in [2.45, 2.75) is 10.9 Å². The van der Waals surface area contributed by atoms with Gasteiger partial charge in [0.15, 0.2) is 0 Å². The van der Waals surface area contributed by atoms with Gasteiger partial charge < -0.3 is 9.30 Å². The van der Waals surface area contributed by atoms with Crippen molar-refractivity contribution in [1.29, 1.82) is 0 Å². The minimum atomic E-state index is -3.73. The Hall–Kier alpha value is -2.64. The molecule has 1 aromatic heterocycles. The van der Waals surface area contributed by atoms with Crippen LogP contribution in [-0.2, 0) is 17.1 Å². The van der Waals surface area contributed by atoms with E-state index in [-0.39, 0.29) is 4.90 Å². The molecule has 6 nitrogen and oxygen atoms in total. The highest BCUT2D eigenvalue weighted by molar-refractivity contribution is 7.89. The second kappa shape index (κ2) is 7.08. The van der Waals surface area contributed by atoms with Gasteiger partial charge in [0.05, 0.1) is 12.0 Å². The van der Waals surface area contributed by atoms with Crippen LogP contribution in [0.15, 0.2) is 71.9 Å². The number of nitrogens with zero attached hydrogens (tertiary/aromatic N) is 2. The van der Waals surface area contributed by atoms with E-state index in [0.29, 0.717) is 17.1 Å². The van der Waals surface area contributed by atoms with E-state index in [9.17, 15) is 8.42 Å². The molecule has 130 valence electrons. The highest BCUT2D eigenvalue weighted by Gasteiger charge is 2.27. The monoisotopic (exact) mass is 357 g/mol.